The lowest BCUT2D eigenvalue weighted by molar-refractivity contribution is -1.02. The van der Waals surface area contributed by atoms with Crippen molar-refractivity contribution >= 4 is 0 Å². The zero-order valence-electron chi connectivity index (χ0n) is 15.6. The second kappa shape index (κ2) is 7.56. The molecule has 0 bridgehead atoms. The van der Waals surface area contributed by atoms with Crippen molar-refractivity contribution in [2.45, 2.75) is 20.0 Å². The van der Waals surface area contributed by atoms with Gasteiger partial charge in [0, 0.05) is 11.1 Å². The van der Waals surface area contributed by atoms with Gasteiger partial charge in [-0.1, -0.05) is 29.8 Å². The second-order valence-corrected chi connectivity index (χ2v) is 7.37. The fourth-order valence-corrected chi connectivity index (χ4v) is 4.00. The summed E-state index contributed by atoms with van der Waals surface area (Å²) in [4.78, 5) is 3.31. The average molecular weight is 356 g/mol. The molecule has 2 N–H and O–H groups in total. The maximum Gasteiger partial charge on any atom is 0.231 e. The van der Waals surface area contributed by atoms with Gasteiger partial charge in [-0.15, -0.1) is 0 Å². The fourth-order valence-electron chi connectivity index (χ4n) is 4.00. The molecular formula is C21H28N2O3+2. The number of fused-ring (bicyclic) bond motifs is 1. The summed E-state index contributed by atoms with van der Waals surface area (Å²) in [6.07, 6.45) is 0. The van der Waals surface area contributed by atoms with Gasteiger partial charge in [0.05, 0.1) is 7.11 Å². The predicted octanol–water partition coefficient (Wildman–Crippen LogP) is 0.216. The SMILES string of the molecule is COc1cc(C[NH+]2CC[NH+](Cc3cccc(C)c3)CC2)cc2c1OCO2. The Balaban J connectivity index is 1.34. The van der Waals surface area contributed by atoms with E-state index in [0.29, 0.717) is 0 Å². The number of hydrogen-bond acceptors (Lipinski definition) is 3. The summed E-state index contributed by atoms with van der Waals surface area (Å²) in [6, 6.07) is 13.1. The van der Waals surface area contributed by atoms with Gasteiger partial charge < -0.3 is 24.0 Å². The first kappa shape index (κ1) is 17.2. The lowest BCUT2D eigenvalue weighted by atomic mass is 10.1. The number of hydrogen-bond donors (Lipinski definition) is 2. The van der Waals surface area contributed by atoms with Crippen molar-refractivity contribution in [2.75, 3.05) is 40.1 Å². The van der Waals surface area contributed by atoms with Gasteiger partial charge in [-0.2, -0.15) is 0 Å². The Labute approximate surface area is 155 Å². The summed E-state index contributed by atoms with van der Waals surface area (Å²) >= 11 is 0. The van der Waals surface area contributed by atoms with E-state index < -0.39 is 0 Å². The van der Waals surface area contributed by atoms with Crippen LogP contribution in [0.3, 0.4) is 0 Å². The minimum absolute atomic E-state index is 0.281. The lowest BCUT2D eigenvalue weighted by Gasteiger charge is -2.30. The molecule has 2 heterocycles. The number of aryl methyl sites for hydroxylation is 1. The molecule has 2 aromatic rings. The van der Waals surface area contributed by atoms with Crippen LogP contribution in [0.15, 0.2) is 36.4 Å². The van der Waals surface area contributed by atoms with Crippen molar-refractivity contribution < 1.29 is 24.0 Å². The van der Waals surface area contributed by atoms with E-state index in [1.165, 1.54) is 42.9 Å². The molecule has 2 aliphatic rings. The molecule has 2 aliphatic heterocycles. The molecular weight excluding hydrogens is 328 g/mol. The lowest BCUT2D eigenvalue weighted by Crippen LogP contribution is -3.27. The molecule has 0 amide bonds. The molecule has 0 saturated carbocycles. The summed E-state index contributed by atoms with van der Waals surface area (Å²) in [5.41, 5.74) is 4.05. The third kappa shape index (κ3) is 3.79. The van der Waals surface area contributed by atoms with Crippen LogP contribution in [0.1, 0.15) is 16.7 Å². The van der Waals surface area contributed by atoms with E-state index >= 15 is 0 Å². The normalized spacial score (nSPS) is 21.6. The minimum Gasteiger partial charge on any atom is -0.493 e. The molecule has 0 aromatic heterocycles. The maximum atomic E-state index is 5.55. The number of nitrogens with one attached hydrogen (secondary N) is 2. The second-order valence-electron chi connectivity index (χ2n) is 7.37. The highest BCUT2D eigenvalue weighted by molar-refractivity contribution is 5.54. The van der Waals surface area contributed by atoms with Gasteiger partial charge in [0.25, 0.3) is 0 Å². The van der Waals surface area contributed by atoms with E-state index in [1.54, 1.807) is 16.9 Å². The molecule has 0 atom stereocenters. The van der Waals surface area contributed by atoms with Gasteiger partial charge in [0.2, 0.25) is 12.5 Å². The third-order valence-electron chi connectivity index (χ3n) is 5.37. The van der Waals surface area contributed by atoms with Crippen LogP contribution in [0, 0.1) is 6.92 Å². The zero-order chi connectivity index (χ0) is 17.9. The Hall–Kier alpha value is -2.24. The van der Waals surface area contributed by atoms with Crippen LogP contribution in [0.25, 0.3) is 0 Å². The zero-order valence-corrected chi connectivity index (χ0v) is 15.6. The number of methoxy groups -OCH3 is 1. The van der Waals surface area contributed by atoms with Crippen LogP contribution < -0.4 is 24.0 Å². The average Bonchev–Trinajstić information content (AvgIpc) is 3.11. The van der Waals surface area contributed by atoms with Crippen molar-refractivity contribution in [1.29, 1.82) is 0 Å². The Morgan fingerprint density at radius 3 is 2.35 bits per heavy atom. The van der Waals surface area contributed by atoms with E-state index in [0.717, 1.165) is 30.3 Å². The molecule has 5 heteroatoms. The molecule has 0 radical (unpaired) electrons. The highest BCUT2D eigenvalue weighted by Gasteiger charge is 2.25. The molecule has 1 saturated heterocycles. The van der Waals surface area contributed by atoms with Crippen molar-refractivity contribution in [3.8, 4) is 17.2 Å². The van der Waals surface area contributed by atoms with E-state index in [-0.39, 0.29) is 6.79 Å². The van der Waals surface area contributed by atoms with Crippen LogP contribution in [-0.4, -0.2) is 40.1 Å². The number of ether oxygens (including phenoxy) is 3. The number of quaternary nitrogens is 2. The van der Waals surface area contributed by atoms with E-state index in [4.69, 9.17) is 14.2 Å². The van der Waals surface area contributed by atoms with Gasteiger partial charge in [0.15, 0.2) is 11.5 Å². The summed E-state index contributed by atoms with van der Waals surface area (Å²) in [6.45, 7) is 9.40. The van der Waals surface area contributed by atoms with Gasteiger partial charge in [-0.05, 0) is 19.1 Å². The fraction of sp³-hybridized carbons (Fsp3) is 0.429. The van der Waals surface area contributed by atoms with Gasteiger partial charge in [-0.3, -0.25) is 0 Å². The molecule has 138 valence electrons. The number of rotatable bonds is 5. The van der Waals surface area contributed by atoms with Crippen LogP contribution >= 0.6 is 0 Å². The summed E-state index contributed by atoms with van der Waals surface area (Å²) in [5.74, 6) is 2.32. The van der Waals surface area contributed by atoms with Crippen LogP contribution in [0.2, 0.25) is 0 Å². The molecule has 0 spiro atoms. The molecule has 26 heavy (non-hydrogen) atoms. The summed E-state index contributed by atoms with van der Waals surface area (Å²) in [5, 5.41) is 0. The molecule has 2 aromatic carbocycles. The molecule has 1 fully saturated rings. The monoisotopic (exact) mass is 356 g/mol. The Bertz CT molecular complexity index is 770. The van der Waals surface area contributed by atoms with E-state index in [9.17, 15) is 0 Å². The minimum atomic E-state index is 0.281. The predicted molar refractivity (Wildman–Crippen MR) is 99.1 cm³/mol. The number of benzene rings is 2. The van der Waals surface area contributed by atoms with Crippen molar-refractivity contribution in [3.05, 3.63) is 53.1 Å². The maximum absolute atomic E-state index is 5.55. The van der Waals surface area contributed by atoms with Gasteiger partial charge in [-0.25, -0.2) is 0 Å². The van der Waals surface area contributed by atoms with Crippen molar-refractivity contribution in [3.63, 3.8) is 0 Å². The highest BCUT2D eigenvalue weighted by atomic mass is 16.7. The summed E-state index contributed by atoms with van der Waals surface area (Å²) < 4.78 is 16.5. The van der Waals surface area contributed by atoms with Gasteiger partial charge >= 0.3 is 0 Å². The Kier molecular flexibility index (Phi) is 5.00. The molecule has 4 rings (SSSR count). The number of piperazine rings is 1. The first-order valence-electron chi connectivity index (χ1n) is 9.40. The Morgan fingerprint density at radius 1 is 0.923 bits per heavy atom. The first-order valence-corrected chi connectivity index (χ1v) is 9.40. The van der Waals surface area contributed by atoms with Crippen molar-refractivity contribution in [2.24, 2.45) is 0 Å². The van der Waals surface area contributed by atoms with Gasteiger partial charge in [0.1, 0.15) is 39.3 Å². The quantitative estimate of drug-likeness (QED) is 0.805. The topological polar surface area (TPSA) is 36.6 Å². The van der Waals surface area contributed by atoms with Crippen LogP contribution in [0.5, 0.6) is 17.2 Å². The Morgan fingerprint density at radius 2 is 1.65 bits per heavy atom. The summed E-state index contributed by atoms with van der Waals surface area (Å²) in [7, 11) is 1.68. The standard InChI is InChI=1S/C21H26N2O3/c1-16-4-3-5-17(10-16)13-22-6-8-23(9-7-22)14-18-11-19(24-2)21-20(12-18)25-15-26-21/h3-5,10-12H,6-9,13-15H2,1-2H3/p+2. The van der Waals surface area contributed by atoms with Crippen molar-refractivity contribution in [1.82, 2.24) is 0 Å². The van der Waals surface area contributed by atoms with E-state index in [1.807, 2.05) is 0 Å². The molecule has 0 unspecified atom stereocenters. The third-order valence-corrected chi connectivity index (χ3v) is 5.37. The highest BCUT2D eigenvalue weighted by Crippen LogP contribution is 2.41. The molecule has 5 nitrogen and oxygen atoms in total. The van der Waals surface area contributed by atoms with Crippen LogP contribution in [0.4, 0.5) is 0 Å². The first-order chi connectivity index (χ1) is 12.7. The largest absolute Gasteiger partial charge is 0.493 e. The smallest absolute Gasteiger partial charge is 0.231 e. The van der Waals surface area contributed by atoms with E-state index in [2.05, 4.69) is 43.3 Å². The molecule has 0 aliphatic carbocycles. The van der Waals surface area contributed by atoms with Crippen LogP contribution in [-0.2, 0) is 13.1 Å².